The first kappa shape index (κ1) is 7.33. The van der Waals surface area contributed by atoms with E-state index < -0.39 is 0 Å². The first-order valence-electron chi connectivity index (χ1n) is 3.80. The minimum absolute atomic E-state index is 1.19. The quantitative estimate of drug-likeness (QED) is 0.477. The Morgan fingerprint density at radius 3 is 2.80 bits per heavy atom. The van der Waals surface area contributed by atoms with E-state index in [1.807, 2.05) is 0 Å². The Morgan fingerprint density at radius 1 is 1.20 bits per heavy atom. The van der Waals surface area contributed by atoms with Crippen LogP contribution in [0.5, 0.6) is 0 Å². The molecule has 0 fully saturated rings. The van der Waals surface area contributed by atoms with Crippen molar-refractivity contribution in [3.05, 3.63) is 35.5 Å². The van der Waals surface area contributed by atoms with Gasteiger partial charge in [-0.1, -0.05) is 35.5 Å². The number of hydrogen-bond donors (Lipinski definition) is 0. The van der Waals surface area contributed by atoms with Crippen molar-refractivity contribution in [1.29, 1.82) is 0 Å². The second-order valence-electron chi connectivity index (χ2n) is 2.79. The lowest BCUT2D eigenvalue weighted by atomic mass is 10.0. The Kier molecular flexibility index (Phi) is 2.49. The maximum Gasteiger partial charge on any atom is -0.0282 e. The van der Waals surface area contributed by atoms with Gasteiger partial charge in [-0.15, -0.1) is 0 Å². The van der Waals surface area contributed by atoms with Crippen LogP contribution in [0.4, 0.5) is 0 Å². The molecule has 0 N–H and O–H groups in total. The van der Waals surface area contributed by atoms with Gasteiger partial charge in [0.25, 0.3) is 0 Å². The maximum absolute atomic E-state index is 2.21. The molecule has 0 saturated carbocycles. The van der Waals surface area contributed by atoms with Gasteiger partial charge in [0.05, 0.1) is 0 Å². The summed E-state index contributed by atoms with van der Waals surface area (Å²) < 4.78 is 0. The lowest BCUT2D eigenvalue weighted by Gasteiger charge is -2.03. The molecule has 0 spiro atoms. The third-order valence-electron chi connectivity index (χ3n) is 1.95. The highest BCUT2D eigenvalue weighted by Crippen LogP contribution is 2.13. The Morgan fingerprint density at radius 2 is 2.00 bits per heavy atom. The molecule has 0 radical (unpaired) electrons. The van der Waals surface area contributed by atoms with Crippen molar-refractivity contribution in [3.63, 3.8) is 0 Å². The third kappa shape index (κ3) is 1.87. The van der Waals surface area contributed by atoms with Crippen molar-refractivity contribution in [3.8, 4) is 0 Å². The Balaban J connectivity index is 2.79. The molecule has 1 aliphatic rings. The highest BCUT2D eigenvalue weighted by molar-refractivity contribution is 5.26. The fraction of sp³-hybridized carbons (Fsp3) is 0.400. The molecule has 54 valence electrons. The van der Waals surface area contributed by atoms with Crippen LogP contribution in [0.15, 0.2) is 35.5 Å². The molecular formula is C10H14. The van der Waals surface area contributed by atoms with E-state index in [2.05, 4.69) is 38.2 Å². The van der Waals surface area contributed by atoms with Crippen molar-refractivity contribution >= 4 is 0 Å². The third-order valence-corrected chi connectivity index (χ3v) is 1.95. The molecule has 0 aromatic rings. The van der Waals surface area contributed by atoms with Crippen LogP contribution in [0.25, 0.3) is 0 Å². The maximum atomic E-state index is 2.21. The summed E-state index contributed by atoms with van der Waals surface area (Å²) >= 11 is 0. The normalized spacial score (nSPS) is 19.0. The summed E-state index contributed by atoms with van der Waals surface area (Å²) in [5.41, 5.74) is 2.94. The van der Waals surface area contributed by atoms with Gasteiger partial charge in [0, 0.05) is 0 Å². The van der Waals surface area contributed by atoms with Gasteiger partial charge in [-0.05, 0) is 26.7 Å². The van der Waals surface area contributed by atoms with Crippen LogP contribution in [0.3, 0.4) is 0 Å². The van der Waals surface area contributed by atoms with E-state index in [0.29, 0.717) is 0 Å². The molecule has 10 heavy (non-hydrogen) atoms. The van der Waals surface area contributed by atoms with E-state index in [1.54, 1.807) is 0 Å². The van der Waals surface area contributed by atoms with Gasteiger partial charge in [-0.25, -0.2) is 0 Å². The Labute approximate surface area is 62.9 Å². The molecule has 0 aliphatic heterocycles. The molecule has 0 heterocycles. The average molecular weight is 134 g/mol. The molecule has 0 heteroatoms. The van der Waals surface area contributed by atoms with Crippen LogP contribution in [-0.4, -0.2) is 0 Å². The molecule has 0 bridgehead atoms. The molecule has 0 unspecified atom stereocenters. The SMILES string of the molecule is CC1=C(C)CCC=CC=C1. The van der Waals surface area contributed by atoms with Gasteiger partial charge < -0.3 is 0 Å². The van der Waals surface area contributed by atoms with Gasteiger partial charge in [0.1, 0.15) is 0 Å². The molecule has 1 aliphatic carbocycles. The summed E-state index contributed by atoms with van der Waals surface area (Å²) in [5.74, 6) is 0. The Bertz CT molecular complexity index is 192. The molecular weight excluding hydrogens is 120 g/mol. The second-order valence-corrected chi connectivity index (χ2v) is 2.79. The number of hydrogen-bond acceptors (Lipinski definition) is 0. The van der Waals surface area contributed by atoms with E-state index in [4.69, 9.17) is 0 Å². The average Bonchev–Trinajstić information content (AvgIpc) is 1.92. The van der Waals surface area contributed by atoms with E-state index in [0.717, 1.165) is 0 Å². The lowest BCUT2D eigenvalue weighted by Crippen LogP contribution is -1.82. The zero-order chi connectivity index (χ0) is 7.40. The fourth-order valence-electron chi connectivity index (χ4n) is 1.01. The predicted octanol–water partition coefficient (Wildman–Crippen LogP) is 3.23. The summed E-state index contributed by atoms with van der Waals surface area (Å²) in [7, 11) is 0. The zero-order valence-electron chi connectivity index (χ0n) is 6.72. The minimum Gasteiger partial charge on any atom is -0.0842 e. The minimum atomic E-state index is 1.19. The van der Waals surface area contributed by atoms with Crippen molar-refractivity contribution in [2.75, 3.05) is 0 Å². The summed E-state index contributed by atoms with van der Waals surface area (Å²) in [6.45, 7) is 4.38. The van der Waals surface area contributed by atoms with Gasteiger partial charge in [0.2, 0.25) is 0 Å². The van der Waals surface area contributed by atoms with Crippen molar-refractivity contribution in [1.82, 2.24) is 0 Å². The van der Waals surface area contributed by atoms with Crippen molar-refractivity contribution in [2.24, 2.45) is 0 Å². The van der Waals surface area contributed by atoms with Gasteiger partial charge in [-0.3, -0.25) is 0 Å². The van der Waals surface area contributed by atoms with Crippen LogP contribution < -0.4 is 0 Å². The van der Waals surface area contributed by atoms with Gasteiger partial charge in [-0.2, -0.15) is 0 Å². The fourth-order valence-corrected chi connectivity index (χ4v) is 1.01. The second kappa shape index (κ2) is 3.40. The van der Waals surface area contributed by atoms with Crippen LogP contribution >= 0.6 is 0 Å². The lowest BCUT2D eigenvalue weighted by molar-refractivity contribution is 0.959. The number of allylic oxidation sites excluding steroid dienone is 6. The molecule has 0 atom stereocenters. The van der Waals surface area contributed by atoms with Crippen molar-refractivity contribution in [2.45, 2.75) is 26.7 Å². The molecule has 0 saturated heterocycles. The standard InChI is InChI=1S/C10H14/c1-9-7-5-3-4-6-8-10(9)2/h3-5,7H,6,8H2,1-2H3. The van der Waals surface area contributed by atoms with E-state index in [1.165, 1.54) is 24.0 Å². The van der Waals surface area contributed by atoms with Gasteiger partial charge in [0.15, 0.2) is 0 Å². The summed E-state index contributed by atoms with van der Waals surface area (Å²) in [6.07, 6.45) is 11.0. The molecule has 1 rings (SSSR count). The smallest absolute Gasteiger partial charge is 0.0282 e. The highest BCUT2D eigenvalue weighted by Gasteiger charge is 1.93. The molecule has 0 nitrogen and oxygen atoms in total. The molecule has 0 amide bonds. The highest BCUT2D eigenvalue weighted by atomic mass is 14.0. The summed E-state index contributed by atoms with van der Waals surface area (Å²) in [5, 5.41) is 0. The predicted molar refractivity (Wildman–Crippen MR) is 45.9 cm³/mol. The van der Waals surface area contributed by atoms with Crippen LogP contribution in [0.2, 0.25) is 0 Å². The van der Waals surface area contributed by atoms with Crippen LogP contribution in [-0.2, 0) is 0 Å². The van der Waals surface area contributed by atoms with Crippen LogP contribution in [0.1, 0.15) is 26.7 Å². The summed E-state index contributed by atoms with van der Waals surface area (Å²) in [4.78, 5) is 0. The van der Waals surface area contributed by atoms with E-state index >= 15 is 0 Å². The summed E-state index contributed by atoms with van der Waals surface area (Å²) in [6, 6.07) is 0. The zero-order valence-corrected chi connectivity index (χ0v) is 6.72. The number of rotatable bonds is 0. The molecule has 0 aromatic carbocycles. The first-order valence-corrected chi connectivity index (χ1v) is 3.80. The topological polar surface area (TPSA) is 0 Å². The largest absolute Gasteiger partial charge is 0.0842 e. The molecule has 0 aromatic heterocycles. The monoisotopic (exact) mass is 134 g/mol. The Hall–Kier alpha value is -0.780. The van der Waals surface area contributed by atoms with E-state index in [9.17, 15) is 0 Å². The van der Waals surface area contributed by atoms with Crippen LogP contribution in [0, 0.1) is 0 Å². The first-order chi connectivity index (χ1) is 4.80. The van der Waals surface area contributed by atoms with E-state index in [-0.39, 0.29) is 0 Å². The van der Waals surface area contributed by atoms with Crippen molar-refractivity contribution < 1.29 is 0 Å². The van der Waals surface area contributed by atoms with Gasteiger partial charge >= 0.3 is 0 Å².